The molecule has 0 amide bonds. The van der Waals surface area contributed by atoms with Gasteiger partial charge in [-0.2, -0.15) is 0 Å². The van der Waals surface area contributed by atoms with Gasteiger partial charge in [0.05, 0.1) is 10.9 Å². The summed E-state index contributed by atoms with van der Waals surface area (Å²) in [7, 11) is 0. The fourth-order valence-electron chi connectivity index (χ4n) is 3.93. The van der Waals surface area contributed by atoms with E-state index in [1.54, 1.807) is 0 Å². The maximum Gasteiger partial charge on any atom is 0.201 e. The molecule has 1 aromatic heterocycles. The maximum absolute atomic E-state index is 13.9. The Kier molecular flexibility index (Phi) is 5.27. The lowest BCUT2D eigenvalue weighted by Crippen LogP contribution is -2.11. The maximum atomic E-state index is 13.9. The SMILES string of the molecule is Cc1ccc(/C(=C\c2ccccc2)c2c(-c3ccccc3)oc3ccccc3c2=O)cc1. The first kappa shape index (κ1) is 19.8. The number of hydrogen-bond donors (Lipinski definition) is 0. The van der Waals surface area contributed by atoms with Crippen LogP contribution in [0.25, 0.3) is 33.9 Å². The summed E-state index contributed by atoms with van der Waals surface area (Å²) in [4.78, 5) is 13.9. The standard InChI is InChI=1S/C30H22O2/c1-21-16-18-23(19-17-21)26(20-22-10-4-2-5-11-22)28-29(31)25-14-8-9-15-27(25)32-30(28)24-12-6-3-7-13-24/h2-20H,1H3/b26-20+. The molecule has 0 aliphatic heterocycles. The molecule has 0 aliphatic rings. The van der Waals surface area contributed by atoms with Crippen molar-refractivity contribution in [2.24, 2.45) is 0 Å². The molecule has 0 fully saturated rings. The van der Waals surface area contributed by atoms with Crippen LogP contribution in [-0.4, -0.2) is 0 Å². The van der Waals surface area contributed by atoms with Crippen molar-refractivity contribution in [3.8, 4) is 11.3 Å². The van der Waals surface area contributed by atoms with Gasteiger partial charge in [-0.05, 0) is 41.8 Å². The highest BCUT2D eigenvalue weighted by Gasteiger charge is 2.20. The van der Waals surface area contributed by atoms with E-state index in [4.69, 9.17) is 4.42 Å². The average molecular weight is 415 g/mol. The smallest absolute Gasteiger partial charge is 0.201 e. The summed E-state index contributed by atoms with van der Waals surface area (Å²) in [5.74, 6) is 0.581. The molecule has 0 saturated heterocycles. The number of aryl methyl sites for hydroxylation is 1. The van der Waals surface area contributed by atoms with Gasteiger partial charge in [-0.1, -0.05) is 103 Å². The predicted octanol–water partition coefficient (Wildman–Crippen LogP) is 7.36. The molecule has 0 atom stereocenters. The van der Waals surface area contributed by atoms with E-state index in [0.717, 1.165) is 22.3 Å². The molecule has 0 aliphatic carbocycles. The van der Waals surface area contributed by atoms with Crippen LogP contribution in [0.4, 0.5) is 0 Å². The zero-order chi connectivity index (χ0) is 21.9. The zero-order valence-corrected chi connectivity index (χ0v) is 17.8. The van der Waals surface area contributed by atoms with Crippen molar-refractivity contribution in [3.05, 3.63) is 142 Å². The van der Waals surface area contributed by atoms with E-state index in [1.165, 1.54) is 5.56 Å². The van der Waals surface area contributed by atoms with Crippen LogP contribution in [0.3, 0.4) is 0 Å². The predicted molar refractivity (Wildman–Crippen MR) is 133 cm³/mol. The first-order valence-electron chi connectivity index (χ1n) is 10.7. The Morgan fingerprint density at radius 1 is 0.719 bits per heavy atom. The molecule has 32 heavy (non-hydrogen) atoms. The molecule has 0 bridgehead atoms. The number of para-hydroxylation sites is 1. The van der Waals surface area contributed by atoms with Crippen LogP contribution >= 0.6 is 0 Å². The van der Waals surface area contributed by atoms with Crippen molar-refractivity contribution in [1.82, 2.24) is 0 Å². The monoisotopic (exact) mass is 414 g/mol. The highest BCUT2D eigenvalue weighted by atomic mass is 16.3. The lowest BCUT2D eigenvalue weighted by Gasteiger charge is -2.14. The van der Waals surface area contributed by atoms with E-state index in [-0.39, 0.29) is 5.43 Å². The summed E-state index contributed by atoms with van der Waals surface area (Å²) in [6, 6.07) is 35.6. The van der Waals surface area contributed by atoms with Gasteiger partial charge in [-0.25, -0.2) is 0 Å². The molecule has 0 N–H and O–H groups in total. The molecular weight excluding hydrogens is 392 g/mol. The minimum atomic E-state index is -0.0338. The van der Waals surface area contributed by atoms with Gasteiger partial charge < -0.3 is 4.42 Å². The number of hydrogen-bond acceptors (Lipinski definition) is 2. The van der Waals surface area contributed by atoms with Crippen LogP contribution in [0.15, 0.2) is 118 Å². The number of fused-ring (bicyclic) bond motifs is 1. The second-order valence-electron chi connectivity index (χ2n) is 7.83. The fourth-order valence-corrected chi connectivity index (χ4v) is 3.93. The first-order chi connectivity index (χ1) is 15.7. The fraction of sp³-hybridized carbons (Fsp3) is 0.0333. The van der Waals surface area contributed by atoms with Gasteiger partial charge in [-0.3, -0.25) is 4.79 Å². The second kappa shape index (κ2) is 8.52. The third-order valence-electron chi connectivity index (χ3n) is 5.58. The van der Waals surface area contributed by atoms with Crippen LogP contribution in [0.5, 0.6) is 0 Å². The van der Waals surface area contributed by atoms with Gasteiger partial charge in [0.1, 0.15) is 11.3 Å². The van der Waals surface area contributed by atoms with E-state index in [2.05, 4.69) is 37.3 Å². The third-order valence-corrected chi connectivity index (χ3v) is 5.58. The van der Waals surface area contributed by atoms with E-state index in [0.29, 0.717) is 22.3 Å². The second-order valence-corrected chi connectivity index (χ2v) is 7.83. The van der Waals surface area contributed by atoms with E-state index in [9.17, 15) is 4.79 Å². The Morgan fingerprint density at radius 3 is 2.06 bits per heavy atom. The number of benzene rings is 4. The van der Waals surface area contributed by atoms with Crippen molar-refractivity contribution in [3.63, 3.8) is 0 Å². The molecule has 5 rings (SSSR count). The molecule has 0 saturated carbocycles. The van der Waals surface area contributed by atoms with Crippen LogP contribution in [0.1, 0.15) is 22.3 Å². The van der Waals surface area contributed by atoms with Crippen LogP contribution in [0.2, 0.25) is 0 Å². The molecular formula is C30H22O2. The van der Waals surface area contributed by atoms with Gasteiger partial charge in [0.2, 0.25) is 5.43 Å². The summed E-state index contributed by atoms with van der Waals surface area (Å²) in [5.41, 5.74) is 6.00. The number of rotatable bonds is 4. The minimum absolute atomic E-state index is 0.0338. The lowest BCUT2D eigenvalue weighted by molar-refractivity contribution is 0.617. The highest BCUT2D eigenvalue weighted by molar-refractivity contribution is 5.98. The minimum Gasteiger partial charge on any atom is -0.455 e. The van der Waals surface area contributed by atoms with Crippen molar-refractivity contribution >= 4 is 22.6 Å². The van der Waals surface area contributed by atoms with Gasteiger partial charge in [0.15, 0.2) is 0 Å². The molecule has 5 aromatic rings. The van der Waals surface area contributed by atoms with Crippen molar-refractivity contribution < 1.29 is 4.42 Å². The topological polar surface area (TPSA) is 30.2 Å². The van der Waals surface area contributed by atoms with E-state index in [1.807, 2.05) is 84.9 Å². The van der Waals surface area contributed by atoms with Gasteiger partial charge >= 0.3 is 0 Å². The van der Waals surface area contributed by atoms with Crippen LogP contribution < -0.4 is 5.43 Å². The molecule has 0 spiro atoms. The van der Waals surface area contributed by atoms with Crippen LogP contribution in [-0.2, 0) is 0 Å². The zero-order valence-electron chi connectivity index (χ0n) is 17.8. The Bertz CT molecular complexity index is 1460. The Labute approximate surface area is 187 Å². The molecule has 2 nitrogen and oxygen atoms in total. The van der Waals surface area contributed by atoms with Gasteiger partial charge in [-0.15, -0.1) is 0 Å². The first-order valence-corrected chi connectivity index (χ1v) is 10.7. The molecule has 154 valence electrons. The Hall–Kier alpha value is -4.17. The van der Waals surface area contributed by atoms with E-state index < -0.39 is 0 Å². The van der Waals surface area contributed by atoms with Gasteiger partial charge in [0.25, 0.3) is 0 Å². The Balaban J connectivity index is 1.88. The van der Waals surface area contributed by atoms with Gasteiger partial charge in [0, 0.05) is 5.56 Å². The van der Waals surface area contributed by atoms with E-state index >= 15 is 0 Å². The van der Waals surface area contributed by atoms with Crippen molar-refractivity contribution in [2.45, 2.75) is 6.92 Å². The summed E-state index contributed by atoms with van der Waals surface area (Å²) >= 11 is 0. The normalized spacial score (nSPS) is 11.6. The summed E-state index contributed by atoms with van der Waals surface area (Å²) < 4.78 is 6.38. The van der Waals surface area contributed by atoms with Crippen molar-refractivity contribution in [2.75, 3.05) is 0 Å². The molecule has 4 aromatic carbocycles. The average Bonchev–Trinajstić information content (AvgIpc) is 2.85. The molecule has 0 unspecified atom stereocenters. The summed E-state index contributed by atoms with van der Waals surface area (Å²) in [6.07, 6.45) is 2.07. The molecule has 2 heteroatoms. The molecule has 1 heterocycles. The highest BCUT2D eigenvalue weighted by Crippen LogP contribution is 2.34. The third kappa shape index (κ3) is 3.79. The molecule has 0 radical (unpaired) electrons. The largest absolute Gasteiger partial charge is 0.455 e. The lowest BCUT2D eigenvalue weighted by atomic mass is 9.91. The summed E-state index contributed by atoms with van der Waals surface area (Å²) in [5, 5.41) is 0.577. The Morgan fingerprint density at radius 2 is 1.34 bits per heavy atom. The van der Waals surface area contributed by atoms with Crippen molar-refractivity contribution in [1.29, 1.82) is 0 Å². The summed E-state index contributed by atoms with van der Waals surface area (Å²) in [6.45, 7) is 2.06. The quantitative estimate of drug-likeness (QED) is 0.288. The van der Waals surface area contributed by atoms with Crippen LogP contribution in [0, 0.1) is 6.92 Å².